The number of rotatable bonds is 1. The third-order valence-electron chi connectivity index (χ3n) is 5.19. The number of fused-ring (bicyclic) bond motifs is 3. The van der Waals surface area contributed by atoms with Gasteiger partial charge in [-0.2, -0.15) is 13.2 Å². The molecular formula is C27H34F3NO2. The van der Waals surface area contributed by atoms with Crippen molar-refractivity contribution >= 4 is 0 Å². The number of hydrogen-bond donors (Lipinski definition) is 3. The summed E-state index contributed by atoms with van der Waals surface area (Å²) < 4.78 is 40.5. The Morgan fingerprint density at radius 2 is 1.36 bits per heavy atom. The number of benzene rings is 3. The Balaban J connectivity index is 0.000000352. The lowest BCUT2D eigenvalue weighted by Crippen LogP contribution is -2.41. The maximum Gasteiger partial charge on any atom is 0.425 e. The first kappa shape index (κ1) is 28.4. The molecule has 1 aliphatic rings. The first-order valence-corrected chi connectivity index (χ1v) is 10.8. The van der Waals surface area contributed by atoms with Gasteiger partial charge in [0.25, 0.3) is 0 Å². The van der Waals surface area contributed by atoms with E-state index >= 15 is 0 Å². The molecule has 6 heteroatoms. The van der Waals surface area contributed by atoms with Crippen LogP contribution in [0.5, 0.6) is 0 Å². The largest absolute Gasteiger partial charge is 0.425 e. The van der Waals surface area contributed by atoms with Gasteiger partial charge in [-0.1, -0.05) is 86.1 Å². The summed E-state index contributed by atoms with van der Waals surface area (Å²) in [5.74, 6) is 0. The van der Waals surface area contributed by atoms with Gasteiger partial charge in [0.15, 0.2) is 0 Å². The minimum atomic E-state index is -4.76. The van der Waals surface area contributed by atoms with Gasteiger partial charge >= 0.3 is 6.18 Å². The second-order valence-corrected chi connectivity index (χ2v) is 7.46. The molecule has 3 aromatic rings. The van der Waals surface area contributed by atoms with Crippen molar-refractivity contribution in [3.8, 4) is 11.1 Å². The minimum absolute atomic E-state index is 0.0660. The molecule has 0 saturated heterocycles. The van der Waals surface area contributed by atoms with Gasteiger partial charge in [-0.3, -0.25) is 0 Å². The van der Waals surface area contributed by atoms with Crippen LogP contribution in [0.2, 0.25) is 0 Å². The number of aliphatic hydroxyl groups is 2. The van der Waals surface area contributed by atoms with Crippen molar-refractivity contribution in [1.82, 2.24) is 0 Å². The smallest absolute Gasteiger partial charge is 0.400 e. The van der Waals surface area contributed by atoms with Gasteiger partial charge in [-0.05, 0) is 43.0 Å². The van der Waals surface area contributed by atoms with Gasteiger partial charge in [-0.15, -0.1) is 0 Å². The van der Waals surface area contributed by atoms with Crippen LogP contribution in [0.25, 0.3) is 11.1 Å². The number of hydrogen-bond acceptors (Lipinski definition) is 3. The van der Waals surface area contributed by atoms with Crippen molar-refractivity contribution in [1.29, 1.82) is 0 Å². The highest BCUT2D eigenvalue weighted by Gasteiger charge is 2.60. The molecular weight excluding hydrogens is 427 g/mol. The lowest BCUT2D eigenvalue weighted by atomic mass is 9.89. The fourth-order valence-electron chi connectivity index (χ4n) is 3.83. The van der Waals surface area contributed by atoms with E-state index < -0.39 is 11.8 Å². The molecule has 4 rings (SSSR count). The van der Waals surface area contributed by atoms with Crippen LogP contribution in [-0.2, 0) is 5.60 Å². The topological polar surface area (TPSA) is 66.5 Å². The molecule has 1 aliphatic carbocycles. The number of nitrogens with two attached hydrogens (primary N) is 1. The maximum atomic E-state index is 13.5. The Hall–Kier alpha value is -2.67. The Morgan fingerprint density at radius 1 is 0.848 bits per heavy atom. The van der Waals surface area contributed by atoms with Crippen molar-refractivity contribution in [2.45, 2.75) is 52.4 Å². The molecule has 0 heterocycles. The first-order valence-electron chi connectivity index (χ1n) is 10.8. The lowest BCUT2D eigenvalue weighted by molar-refractivity contribution is -0.246. The van der Waals surface area contributed by atoms with Crippen molar-refractivity contribution in [2.75, 3.05) is 7.11 Å². The van der Waals surface area contributed by atoms with Crippen LogP contribution in [0, 0.1) is 13.8 Å². The predicted molar refractivity (Wildman–Crippen MR) is 129 cm³/mol. The van der Waals surface area contributed by atoms with E-state index in [2.05, 4.69) is 0 Å². The minimum Gasteiger partial charge on any atom is -0.400 e. The Bertz CT molecular complexity index is 1020. The van der Waals surface area contributed by atoms with Crippen LogP contribution in [0.4, 0.5) is 13.2 Å². The molecule has 0 aromatic heterocycles. The molecule has 0 amide bonds. The zero-order valence-corrected chi connectivity index (χ0v) is 20.0. The number of halogens is 3. The molecule has 0 fully saturated rings. The highest BCUT2D eigenvalue weighted by molar-refractivity contribution is 5.83. The summed E-state index contributed by atoms with van der Waals surface area (Å²) in [6.07, 6.45) is -4.76. The fraction of sp³-hybridized carbons (Fsp3) is 0.333. The maximum absolute atomic E-state index is 13.5. The molecule has 0 spiro atoms. The molecule has 4 N–H and O–H groups in total. The van der Waals surface area contributed by atoms with Gasteiger partial charge in [0.2, 0.25) is 5.60 Å². The van der Waals surface area contributed by atoms with Crippen molar-refractivity contribution in [3.05, 3.63) is 94.5 Å². The van der Waals surface area contributed by atoms with E-state index in [1.165, 1.54) is 23.8 Å². The molecule has 0 bridgehead atoms. The van der Waals surface area contributed by atoms with Gasteiger partial charge < -0.3 is 15.9 Å². The molecule has 0 aliphatic heterocycles. The monoisotopic (exact) mass is 461 g/mol. The van der Waals surface area contributed by atoms with Crippen LogP contribution in [0.15, 0.2) is 66.7 Å². The highest BCUT2D eigenvalue weighted by atomic mass is 19.4. The second kappa shape index (κ2) is 12.0. The summed E-state index contributed by atoms with van der Waals surface area (Å²) in [5.41, 5.74) is 6.13. The van der Waals surface area contributed by atoms with Crippen molar-refractivity contribution in [3.63, 3.8) is 0 Å². The van der Waals surface area contributed by atoms with Gasteiger partial charge in [0.1, 0.15) is 0 Å². The Morgan fingerprint density at radius 3 is 1.85 bits per heavy atom. The van der Waals surface area contributed by atoms with E-state index in [4.69, 9.17) is 10.8 Å². The SMILES string of the molecule is CC.CO.C[C@@H](N)c1ccccc1.Cc1cc(C)c2c(c1)C(O)(C(F)(F)F)c1ccccc1-2. The molecule has 180 valence electrons. The van der Waals surface area contributed by atoms with E-state index in [1.54, 1.807) is 26.0 Å². The van der Waals surface area contributed by atoms with Gasteiger partial charge in [0.05, 0.1) is 0 Å². The third-order valence-corrected chi connectivity index (χ3v) is 5.19. The van der Waals surface area contributed by atoms with E-state index in [0.29, 0.717) is 16.7 Å². The van der Waals surface area contributed by atoms with E-state index in [1.807, 2.05) is 57.2 Å². The molecule has 3 nitrogen and oxygen atoms in total. The molecule has 0 saturated carbocycles. The lowest BCUT2D eigenvalue weighted by Gasteiger charge is -2.28. The molecule has 33 heavy (non-hydrogen) atoms. The number of alkyl halides is 3. The molecule has 2 atom stereocenters. The summed E-state index contributed by atoms with van der Waals surface area (Å²) in [7, 11) is 1.00. The third kappa shape index (κ3) is 5.82. The summed E-state index contributed by atoms with van der Waals surface area (Å²) in [6.45, 7) is 9.48. The van der Waals surface area contributed by atoms with Crippen LogP contribution in [0.3, 0.4) is 0 Å². The standard InChI is InChI=1S/C16H13F3O.C8H11N.C2H6.CH4O/c1-9-7-10(2)14-11-5-3-4-6-12(11)15(20,13(14)8-9)16(17,18)19;1-7(9)8-5-3-2-4-6-8;2*1-2/h3-8,20H,1-2H3;2-7H,9H2,1H3;1-2H3;2H,1H3/t;7-;;/m.1../s1. The molecule has 1 unspecified atom stereocenters. The molecule has 3 aromatic carbocycles. The van der Waals surface area contributed by atoms with Crippen LogP contribution in [0.1, 0.15) is 54.6 Å². The predicted octanol–water partition coefficient (Wildman–Crippen LogP) is 6.42. The van der Waals surface area contributed by atoms with Crippen LogP contribution >= 0.6 is 0 Å². The first-order chi connectivity index (χ1) is 15.6. The van der Waals surface area contributed by atoms with Gasteiger partial charge in [-0.25, -0.2) is 0 Å². The van der Waals surface area contributed by atoms with E-state index in [-0.39, 0.29) is 17.2 Å². The van der Waals surface area contributed by atoms with Gasteiger partial charge in [0, 0.05) is 24.3 Å². The van der Waals surface area contributed by atoms with Crippen LogP contribution in [-0.4, -0.2) is 23.5 Å². The number of aliphatic hydroxyl groups excluding tert-OH is 1. The van der Waals surface area contributed by atoms with Crippen LogP contribution < -0.4 is 5.73 Å². The summed E-state index contributed by atoms with van der Waals surface area (Å²) >= 11 is 0. The second-order valence-electron chi connectivity index (χ2n) is 7.46. The van der Waals surface area contributed by atoms with Crippen molar-refractivity contribution < 1.29 is 23.4 Å². The fourth-order valence-corrected chi connectivity index (χ4v) is 3.83. The zero-order chi connectivity index (χ0) is 25.4. The average molecular weight is 462 g/mol. The molecule has 0 radical (unpaired) electrons. The normalized spacial score (nSPS) is 16.5. The quantitative estimate of drug-likeness (QED) is 0.392. The zero-order valence-electron chi connectivity index (χ0n) is 20.0. The van der Waals surface area contributed by atoms with E-state index in [9.17, 15) is 18.3 Å². The number of aryl methyl sites for hydroxylation is 2. The Kier molecular flexibility index (Phi) is 10.3. The van der Waals surface area contributed by atoms with E-state index in [0.717, 1.165) is 12.7 Å². The van der Waals surface area contributed by atoms with Crippen molar-refractivity contribution in [2.24, 2.45) is 5.73 Å². The Labute approximate surface area is 194 Å². The highest BCUT2D eigenvalue weighted by Crippen LogP contribution is 2.55. The average Bonchev–Trinajstić information content (AvgIpc) is 3.07. The summed E-state index contributed by atoms with van der Waals surface area (Å²) in [5, 5.41) is 17.5. The summed E-state index contributed by atoms with van der Waals surface area (Å²) in [4.78, 5) is 0. The summed E-state index contributed by atoms with van der Waals surface area (Å²) in [6, 6.07) is 19.6.